The van der Waals surface area contributed by atoms with E-state index >= 15 is 8.78 Å². The summed E-state index contributed by atoms with van der Waals surface area (Å²) in [5.74, 6) is -10.3. The highest BCUT2D eigenvalue weighted by Gasteiger charge is 2.30. The molecule has 57 heavy (non-hydrogen) atoms. The van der Waals surface area contributed by atoms with Gasteiger partial charge in [0.1, 0.15) is 0 Å². The molecule has 0 amide bonds. The van der Waals surface area contributed by atoms with Crippen LogP contribution in [0.4, 0.5) is 33.3 Å². The first-order valence-corrected chi connectivity index (χ1v) is 17.5. The predicted octanol–water partition coefficient (Wildman–Crippen LogP) is 13.5. The molecule has 7 aromatic carbocycles. The molecule has 5 nitrogen and oxygen atoms in total. The van der Waals surface area contributed by atoms with Crippen molar-refractivity contribution in [3.05, 3.63) is 185 Å². The highest BCUT2D eigenvalue weighted by Crippen LogP contribution is 2.46. The molecule has 0 unspecified atom stereocenters. The zero-order chi connectivity index (χ0) is 39.4. The number of rotatable bonds is 5. The van der Waals surface area contributed by atoms with Gasteiger partial charge in [-0.25, -0.2) is 46.6 Å². The first-order valence-electron chi connectivity index (χ1n) is 17.5. The molecular weight excluding hydrogens is 730 g/mol. The number of halogens is 5. The maximum Gasteiger partial charge on any atom is 0.200 e. The van der Waals surface area contributed by atoms with Crippen molar-refractivity contribution in [3.8, 4) is 56.0 Å². The third-order valence-corrected chi connectivity index (χ3v) is 9.89. The van der Waals surface area contributed by atoms with Crippen molar-refractivity contribution in [2.45, 2.75) is 0 Å². The van der Waals surface area contributed by atoms with Gasteiger partial charge in [0, 0.05) is 21.7 Å². The second-order valence-corrected chi connectivity index (χ2v) is 13.1. The van der Waals surface area contributed by atoms with Gasteiger partial charge in [-0.2, -0.15) is 0 Å². The fourth-order valence-corrected chi connectivity index (χ4v) is 7.24. The Morgan fingerprint density at radius 1 is 0.404 bits per heavy atom. The molecule has 0 saturated heterocycles. The minimum absolute atomic E-state index is 0.0894. The Balaban J connectivity index is 1.49. The Bertz CT molecular complexity index is 3160. The molecule has 0 aliphatic rings. The van der Waals surface area contributed by atoms with E-state index in [4.69, 9.17) is 28.1 Å². The molecule has 0 aliphatic heterocycles. The van der Waals surface area contributed by atoms with Crippen LogP contribution in [0.2, 0.25) is 0 Å². The van der Waals surface area contributed by atoms with Gasteiger partial charge >= 0.3 is 0 Å². The quantitative estimate of drug-likeness (QED) is 0.0578. The van der Waals surface area contributed by atoms with Crippen LogP contribution in [0.15, 0.2) is 133 Å². The number of benzene rings is 7. The van der Waals surface area contributed by atoms with Crippen molar-refractivity contribution in [1.29, 1.82) is 0 Å². The van der Waals surface area contributed by atoms with Crippen LogP contribution in [0.5, 0.6) is 0 Å². The second kappa shape index (κ2) is 13.8. The van der Waals surface area contributed by atoms with E-state index in [1.54, 1.807) is 66.7 Å². The van der Waals surface area contributed by atoms with Crippen LogP contribution in [-0.4, -0.2) is 15.0 Å². The summed E-state index contributed by atoms with van der Waals surface area (Å²) in [6.45, 7) is 15.0. The molecule has 0 spiro atoms. The molecule has 9 rings (SSSR count). The normalized spacial score (nSPS) is 11.2. The average molecular weight is 752 g/mol. The summed E-state index contributed by atoms with van der Waals surface area (Å²) >= 11 is 0. The SMILES string of the molecule is [C-]#[N+]c1ccc(-c2nc3cc(-c4ccccc4)c4c5ccccc5nc(-c5ccccc5-c5c(F)c(F)c(F)c(F)c5F)c4c3nc2-c2ccc([N+]#[C-])cc2)cc1. The molecule has 10 heteroatoms. The van der Waals surface area contributed by atoms with E-state index in [-0.39, 0.29) is 16.8 Å². The smallest absolute Gasteiger partial charge is 0.200 e. The van der Waals surface area contributed by atoms with Gasteiger partial charge in [0.2, 0.25) is 5.82 Å². The lowest BCUT2D eigenvalue weighted by Gasteiger charge is -2.19. The van der Waals surface area contributed by atoms with E-state index in [9.17, 15) is 13.2 Å². The van der Waals surface area contributed by atoms with Crippen LogP contribution in [0.1, 0.15) is 0 Å². The van der Waals surface area contributed by atoms with Crippen molar-refractivity contribution < 1.29 is 22.0 Å². The van der Waals surface area contributed by atoms with Crippen molar-refractivity contribution >= 4 is 44.1 Å². The standard InChI is InChI=1S/C47H22F5N5/c1-53-28-20-16-26(17-21-28)44-45(27-18-22-29(54-2)23-19-27)57-47-35(56-44)24-33(25-10-4-3-5-11-25)36-32-14-8-9-15-34(32)55-46(38(36)47)31-13-7-6-12-30(31)37-39(48)41(50)43(52)42(51)40(37)49/h3-24H. The zero-order valence-corrected chi connectivity index (χ0v) is 29.3. The molecule has 0 atom stereocenters. The molecule has 0 N–H and O–H groups in total. The molecule has 9 aromatic rings. The lowest BCUT2D eigenvalue weighted by atomic mass is 9.89. The van der Waals surface area contributed by atoms with Crippen molar-refractivity contribution in [3.63, 3.8) is 0 Å². The third kappa shape index (κ3) is 5.71. The number of pyridine rings is 1. The summed E-state index contributed by atoms with van der Waals surface area (Å²) in [6.07, 6.45) is 0. The van der Waals surface area contributed by atoms with E-state index in [2.05, 4.69) is 9.69 Å². The summed E-state index contributed by atoms with van der Waals surface area (Å²) in [4.78, 5) is 22.6. The van der Waals surface area contributed by atoms with Gasteiger partial charge in [-0.3, -0.25) is 0 Å². The van der Waals surface area contributed by atoms with Gasteiger partial charge in [-0.05, 0) is 39.9 Å². The number of fused-ring (bicyclic) bond motifs is 5. The van der Waals surface area contributed by atoms with Gasteiger partial charge in [-0.1, -0.05) is 121 Å². The maximum atomic E-state index is 15.6. The van der Waals surface area contributed by atoms with E-state index in [1.165, 1.54) is 18.2 Å². The first kappa shape index (κ1) is 34.9. The second-order valence-electron chi connectivity index (χ2n) is 13.1. The Morgan fingerprint density at radius 3 is 1.53 bits per heavy atom. The van der Waals surface area contributed by atoms with Crippen LogP contribution in [0.25, 0.3) is 98.4 Å². The Morgan fingerprint density at radius 2 is 0.912 bits per heavy atom. The summed E-state index contributed by atoms with van der Waals surface area (Å²) < 4.78 is 75.2. The summed E-state index contributed by atoms with van der Waals surface area (Å²) in [7, 11) is 0. The number of aromatic nitrogens is 3. The Labute approximate surface area is 321 Å². The van der Waals surface area contributed by atoms with E-state index in [0.29, 0.717) is 66.6 Å². The minimum atomic E-state index is -2.26. The van der Waals surface area contributed by atoms with E-state index in [1.807, 2.05) is 48.5 Å². The molecule has 0 bridgehead atoms. The highest BCUT2D eigenvalue weighted by molar-refractivity contribution is 6.25. The lowest BCUT2D eigenvalue weighted by molar-refractivity contribution is 0.381. The maximum absolute atomic E-state index is 15.6. The van der Waals surface area contributed by atoms with Crippen LogP contribution >= 0.6 is 0 Å². The van der Waals surface area contributed by atoms with Crippen molar-refractivity contribution in [2.75, 3.05) is 0 Å². The molecule has 0 aliphatic carbocycles. The molecule has 0 fully saturated rings. The minimum Gasteiger partial charge on any atom is -0.247 e. The topological polar surface area (TPSA) is 47.4 Å². The van der Waals surface area contributed by atoms with Gasteiger partial charge in [0.05, 0.1) is 52.3 Å². The van der Waals surface area contributed by atoms with Crippen molar-refractivity contribution in [1.82, 2.24) is 15.0 Å². The predicted molar refractivity (Wildman–Crippen MR) is 212 cm³/mol. The number of hydrogen-bond acceptors (Lipinski definition) is 3. The fraction of sp³-hybridized carbons (Fsp3) is 0. The van der Waals surface area contributed by atoms with E-state index in [0.717, 1.165) is 11.1 Å². The summed E-state index contributed by atoms with van der Waals surface area (Å²) in [6, 6.07) is 38.4. The van der Waals surface area contributed by atoms with Crippen LogP contribution < -0.4 is 0 Å². The number of para-hydroxylation sites is 1. The van der Waals surface area contributed by atoms with Gasteiger partial charge in [-0.15, -0.1) is 0 Å². The molecule has 0 saturated carbocycles. The van der Waals surface area contributed by atoms with Gasteiger partial charge in [0.25, 0.3) is 0 Å². The zero-order valence-electron chi connectivity index (χ0n) is 29.3. The summed E-state index contributed by atoms with van der Waals surface area (Å²) in [5, 5.41) is 1.80. The van der Waals surface area contributed by atoms with Crippen molar-refractivity contribution in [2.24, 2.45) is 0 Å². The Hall–Kier alpha value is -7.82. The summed E-state index contributed by atoms with van der Waals surface area (Å²) in [5.41, 5.74) is 4.73. The largest absolute Gasteiger partial charge is 0.247 e. The number of nitrogens with zero attached hydrogens (tertiary/aromatic N) is 5. The van der Waals surface area contributed by atoms with E-state index < -0.39 is 34.6 Å². The number of hydrogen-bond donors (Lipinski definition) is 0. The molecule has 0 radical (unpaired) electrons. The first-order chi connectivity index (χ1) is 27.8. The van der Waals surface area contributed by atoms with Crippen LogP contribution in [-0.2, 0) is 0 Å². The Kier molecular flexibility index (Phi) is 8.45. The highest BCUT2D eigenvalue weighted by atomic mass is 19.2. The molecule has 2 aromatic heterocycles. The lowest BCUT2D eigenvalue weighted by Crippen LogP contribution is -2.05. The average Bonchev–Trinajstić information content (AvgIpc) is 3.27. The molecule has 270 valence electrons. The monoisotopic (exact) mass is 751 g/mol. The van der Waals surface area contributed by atoms with Crippen LogP contribution in [0, 0.1) is 42.2 Å². The molecule has 2 heterocycles. The molecular formula is C47H22F5N5. The van der Waals surface area contributed by atoms with Crippen LogP contribution in [0.3, 0.4) is 0 Å². The third-order valence-electron chi connectivity index (χ3n) is 9.89. The van der Waals surface area contributed by atoms with Gasteiger partial charge < -0.3 is 0 Å². The van der Waals surface area contributed by atoms with Gasteiger partial charge in [0.15, 0.2) is 34.6 Å². The fourth-order valence-electron chi connectivity index (χ4n) is 7.24.